The Bertz CT molecular complexity index is 1410. The van der Waals surface area contributed by atoms with E-state index >= 15 is 0 Å². The highest BCUT2D eigenvalue weighted by molar-refractivity contribution is 9.10. The van der Waals surface area contributed by atoms with Gasteiger partial charge in [-0.2, -0.15) is 9.61 Å². The highest BCUT2D eigenvalue weighted by Gasteiger charge is 2.24. The van der Waals surface area contributed by atoms with Crippen LogP contribution in [0.25, 0.3) is 17.3 Å². The molecule has 8 heteroatoms. The Kier molecular flexibility index (Phi) is 12.4. The molecule has 0 unspecified atom stereocenters. The molecule has 4 rings (SSSR count). The van der Waals surface area contributed by atoms with Crippen molar-refractivity contribution < 1.29 is 4.79 Å². The van der Waals surface area contributed by atoms with Crippen molar-refractivity contribution in [2.24, 2.45) is 0 Å². The van der Waals surface area contributed by atoms with Crippen molar-refractivity contribution in [1.29, 1.82) is 0 Å². The number of rotatable bonds is 8. The Morgan fingerprint density at radius 1 is 1.07 bits per heavy atom. The van der Waals surface area contributed by atoms with Gasteiger partial charge in [0.1, 0.15) is 5.82 Å². The van der Waals surface area contributed by atoms with Crippen LogP contribution in [-0.4, -0.2) is 44.5 Å². The maximum absolute atomic E-state index is 13.1. The minimum absolute atomic E-state index is 0.0786. The topological polar surface area (TPSA) is 62.5 Å². The lowest BCUT2D eigenvalue weighted by molar-refractivity contribution is 0.0718. The lowest BCUT2D eigenvalue weighted by Crippen LogP contribution is -2.42. The summed E-state index contributed by atoms with van der Waals surface area (Å²) in [5.74, 6) is 0.953. The van der Waals surface area contributed by atoms with Crippen LogP contribution in [0.4, 0.5) is 5.82 Å². The molecule has 1 saturated heterocycles. The maximum Gasteiger partial charge on any atom is 0.253 e. The van der Waals surface area contributed by atoms with Gasteiger partial charge in [-0.3, -0.25) is 4.79 Å². The smallest absolute Gasteiger partial charge is 0.253 e. The van der Waals surface area contributed by atoms with Crippen LogP contribution in [-0.2, 0) is 0 Å². The van der Waals surface area contributed by atoms with Gasteiger partial charge >= 0.3 is 0 Å². The second-order valence-electron chi connectivity index (χ2n) is 9.03. The van der Waals surface area contributed by atoms with Crippen molar-refractivity contribution in [2.45, 2.75) is 46.6 Å². The number of anilines is 1. The first kappa shape index (κ1) is 31.1. The molecular weight excluding hydrogens is 586 g/mol. The molecule has 3 aromatic rings. The fourth-order valence-electron chi connectivity index (χ4n) is 4.27. The summed E-state index contributed by atoms with van der Waals surface area (Å²) in [6.45, 7) is 9.40. The number of nitrogens with one attached hydrogen (secondary N) is 1. The average Bonchev–Trinajstić information content (AvgIpc) is 3.37. The molecule has 0 saturated carbocycles. The van der Waals surface area contributed by atoms with E-state index < -0.39 is 0 Å². The number of aromatic nitrogens is 3. The van der Waals surface area contributed by atoms with E-state index in [1.165, 1.54) is 5.54 Å². The number of likely N-dealkylation sites (tertiary alicyclic amines) is 1. The van der Waals surface area contributed by atoms with Crippen molar-refractivity contribution in [3.05, 3.63) is 106 Å². The van der Waals surface area contributed by atoms with Gasteiger partial charge in [0.25, 0.3) is 5.91 Å². The minimum Gasteiger partial charge on any atom is -0.367 e. The van der Waals surface area contributed by atoms with Crippen LogP contribution in [0, 0.1) is 0 Å². The molecular formula is C32H37BrClN5O. The fourth-order valence-corrected chi connectivity index (χ4v) is 4.70. The van der Waals surface area contributed by atoms with Crippen LogP contribution in [0.3, 0.4) is 0 Å². The van der Waals surface area contributed by atoms with E-state index in [0.29, 0.717) is 13.1 Å². The zero-order valence-corrected chi connectivity index (χ0v) is 25.9. The molecule has 0 spiro atoms. The SMILES string of the molecule is C/C=C\C=C/c1ccc(C(=O)N2CCC(Nc3cc(/C(C)=C/C=C\C=C\Cl)nc4c(Br)cnn34)CC2)cc1.CC. The predicted molar refractivity (Wildman–Crippen MR) is 173 cm³/mol. The van der Waals surface area contributed by atoms with Gasteiger partial charge in [0.15, 0.2) is 5.65 Å². The van der Waals surface area contributed by atoms with Crippen molar-refractivity contribution in [3.8, 4) is 0 Å². The molecule has 210 valence electrons. The van der Waals surface area contributed by atoms with Gasteiger partial charge in [0.2, 0.25) is 0 Å². The Morgan fingerprint density at radius 3 is 2.48 bits per heavy atom. The van der Waals surface area contributed by atoms with Gasteiger partial charge in [-0.25, -0.2) is 4.98 Å². The molecule has 40 heavy (non-hydrogen) atoms. The summed E-state index contributed by atoms with van der Waals surface area (Å²) in [5, 5.41) is 8.15. The lowest BCUT2D eigenvalue weighted by atomic mass is 10.0. The highest BCUT2D eigenvalue weighted by atomic mass is 79.9. The van der Waals surface area contributed by atoms with Crippen LogP contribution in [0.15, 0.2) is 89.1 Å². The van der Waals surface area contributed by atoms with Crippen molar-refractivity contribution in [1.82, 2.24) is 19.5 Å². The minimum atomic E-state index is 0.0786. The molecule has 1 fully saturated rings. The molecule has 6 nitrogen and oxygen atoms in total. The van der Waals surface area contributed by atoms with E-state index in [2.05, 4.69) is 26.3 Å². The number of hydrogen-bond acceptors (Lipinski definition) is 4. The van der Waals surface area contributed by atoms with Gasteiger partial charge in [0.05, 0.1) is 16.4 Å². The zero-order valence-electron chi connectivity index (χ0n) is 23.5. The van der Waals surface area contributed by atoms with Gasteiger partial charge in [-0.15, -0.1) is 0 Å². The largest absolute Gasteiger partial charge is 0.367 e. The maximum atomic E-state index is 13.1. The van der Waals surface area contributed by atoms with Crippen molar-refractivity contribution in [3.63, 3.8) is 0 Å². The summed E-state index contributed by atoms with van der Waals surface area (Å²) in [5.41, 5.74) is 5.89. The Labute approximate surface area is 251 Å². The standard InChI is InChI=1S/C30H31BrClN5O.C2H6/c1-3-4-6-10-23-11-13-24(14-12-23)30(38)36-18-15-25(16-19-36)34-28-20-27(22(2)9-7-5-8-17-32)35-29-26(31)21-33-37(28)29;1-2/h3-14,17,20-21,25,34H,15-16,18-19H2,1-2H3;1-2H3/b4-3-,7-5-,10-6-,17-8+,22-9+;. The number of carbonyl (C=O) groups is 1. The summed E-state index contributed by atoms with van der Waals surface area (Å²) in [6, 6.07) is 10.0. The first-order chi connectivity index (χ1) is 19.5. The number of amides is 1. The first-order valence-corrected chi connectivity index (χ1v) is 14.8. The molecule has 1 aromatic carbocycles. The van der Waals surface area contributed by atoms with E-state index in [4.69, 9.17) is 16.6 Å². The van der Waals surface area contributed by atoms with Crippen LogP contribution in [0.2, 0.25) is 0 Å². The van der Waals surface area contributed by atoms with E-state index in [1.54, 1.807) is 12.3 Å². The number of fused-ring (bicyclic) bond motifs is 1. The zero-order chi connectivity index (χ0) is 28.9. The van der Waals surface area contributed by atoms with Gasteiger partial charge in [-0.1, -0.05) is 86.2 Å². The van der Waals surface area contributed by atoms with Gasteiger partial charge < -0.3 is 10.2 Å². The number of nitrogens with zero attached hydrogens (tertiary/aromatic N) is 4. The van der Waals surface area contributed by atoms with E-state index in [9.17, 15) is 4.79 Å². The summed E-state index contributed by atoms with van der Waals surface area (Å²) in [6.07, 6.45) is 19.0. The normalized spacial score (nSPS) is 15.1. The molecule has 1 aliphatic heterocycles. The van der Waals surface area contributed by atoms with Crippen LogP contribution in [0.5, 0.6) is 0 Å². The molecule has 1 N–H and O–H groups in total. The first-order valence-electron chi connectivity index (χ1n) is 13.6. The quantitative estimate of drug-likeness (QED) is 0.256. The second kappa shape index (κ2) is 16.0. The molecule has 0 atom stereocenters. The molecule has 0 aliphatic carbocycles. The molecule has 1 aliphatic rings. The molecule has 3 heterocycles. The second-order valence-corrected chi connectivity index (χ2v) is 10.1. The average molecular weight is 623 g/mol. The predicted octanol–water partition coefficient (Wildman–Crippen LogP) is 8.54. The molecule has 2 aromatic heterocycles. The van der Waals surface area contributed by atoms with Crippen LogP contribution in [0.1, 0.15) is 62.2 Å². The monoisotopic (exact) mass is 621 g/mol. The summed E-state index contributed by atoms with van der Waals surface area (Å²) < 4.78 is 2.65. The molecule has 0 radical (unpaired) electrons. The van der Waals surface area contributed by atoms with Crippen LogP contribution < -0.4 is 5.32 Å². The Balaban J connectivity index is 0.00000216. The number of hydrogen-bond donors (Lipinski definition) is 1. The Hall–Kier alpha value is -3.42. The number of benzene rings is 1. The van der Waals surface area contributed by atoms with Gasteiger partial charge in [-0.05, 0) is 65.9 Å². The molecule has 0 bridgehead atoms. The lowest BCUT2D eigenvalue weighted by Gasteiger charge is -2.33. The van der Waals surface area contributed by atoms with Gasteiger partial charge in [0, 0.05) is 36.3 Å². The van der Waals surface area contributed by atoms with E-state index in [-0.39, 0.29) is 11.9 Å². The third-order valence-electron chi connectivity index (χ3n) is 6.36. The third kappa shape index (κ3) is 8.29. The summed E-state index contributed by atoms with van der Waals surface area (Å²) in [7, 11) is 0. The summed E-state index contributed by atoms with van der Waals surface area (Å²) in [4.78, 5) is 19.8. The fraction of sp³-hybridized carbons (Fsp3) is 0.281. The Morgan fingerprint density at radius 2 is 1.80 bits per heavy atom. The highest BCUT2D eigenvalue weighted by Crippen LogP contribution is 2.26. The number of carbonyl (C=O) groups excluding carboxylic acids is 1. The number of halogens is 2. The third-order valence-corrected chi connectivity index (χ3v) is 7.06. The summed E-state index contributed by atoms with van der Waals surface area (Å²) >= 11 is 9.15. The van der Waals surface area contributed by atoms with E-state index in [1.807, 2.05) is 110 Å². The number of allylic oxidation sites excluding steroid dienone is 8. The molecule has 1 amide bonds. The van der Waals surface area contributed by atoms with Crippen molar-refractivity contribution >= 4 is 56.6 Å². The van der Waals surface area contributed by atoms with Crippen molar-refractivity contribution in [2.75, 3.05) is 18.4 Å². The van der Waals surface area contributed by atoms with Crippen LogP contribution >= 0.6 is 27.5 Å². The number of piperidine rings is 1. The van der Waals surface area contributed by atoms with E-state index in [0.717, 1.165) is 51.2 Å².